The van der Waals surface area contributed by atoms with Gasteiger partial charge in [0.25, 0.3) is 0 Å². The van der Waals surface area contributed by atoms with Crippen molar-refractivity contribution in [1.29, 1.82) is 0 Å². The third-order valence-corrected chi connectivity index (χ3v) is 2.84. The van der Waals surface area contributed by atoms with Crippen LogP contribution in [0.3, 0.4) is 0 Å². The summed E-state index contributed by atoms with van der Waals surface area (Å²) in [7, 11) is 0. The number of hydrogen-bond donors (Lipinski definition) is 2. The van der Waals surface area contributed by atoms with Gasteiger partial charge in [-0.15, -0.1) is 0 Å². The van der Waals surface area contributed by atoms with E-state index in [-0.39, 0.29) is 6.04 Å². The number of nitrogens with one attached hydrogen (secondary N) is 2. The Morgan fingerprint density at radius 1 is 1.41 bits per heavy atom. The maximum absolute atomic E-state index is 5.34. The van der Waals surface area contributed by atoms with E-state index >= 15 is 0 Å². The van der Waals surface area contributed by atoms with Crippen LogP contribution in [0.1, 0.15) is 25.5 Å². The summed E-state index contributed by atoms with van der Waals surface area (Å²) in [6.45, 7) is 5.19. The molecule has 0 amide bonds. The molecule has 0 aliphatic carbocycles. The molecule has 1 aliphatic rings. The van der Waals surface area contributed by atoms with Gasteiger partial charge in [0.05, 0.1) is 6.04 Å². The van der Waals surface area contributed by atoms with Crippen LogP contribution in [-0.4, -0.2) is 18.5 Å². The first-order valence-electron chi connectivity index (χ1n) is 5.64. The van der Waals surface area contributed by atoms with Gasteiger partial charge in [-0.05, 0) is 43.8 Å². The first-order chi connectivity index (χ1) is 8.20. The van der Waals surface area contributed by atoms with Crippen molar-refractivity contribution < 1.29 is 9.47 Å². The number of benzene rings is 1. The lowest BCUT2D eigenvalue weighted by atomic mass is 10.1. The summed E-state index contributed by atoms with van der Waals surface area (Å²) in [6.07, 6.45) is 0. The van der Waals surface area contributed by atoms with Gasteiger partial charge >= 0.3 is 0 Å². The van der Waals surface area contributed by atoms with Crippen LogP contribution in [0.5, 0.6) is 11.5 Å². The van der Waals surface area contributed by atoms with E-state index in [9.17, 15) is 0 Å². The topological polar surface area (TPSA) is 42.5 Å². The lowest BCUT2D eigenvalue weighted by molar-refractivity contribution is 0.174. The van der Waals surface area contributed by atoms with E-state index in [1.165, 1.54) is 0 Å². The molecule has 0 saturated heterocycles. The molecule has 2 rings (SSSR count). The number of fused-ring (bicyclic) bond motifs is 1. The minimum Gasteiger partial charge on any atom is -0.454 e. The summed E-state index contributed by atoms with van der Waals surface area (Å²) in [6, 6.07) is 6.05. The molecule has 5 heteroatoms. The summed E-state index contributed by atoms with van der Waals surface area (Å²) < 4.78 is 10.6. The molecule has 0 bridgehead atoms. The fraction of sp³-hybridized carbons (Fsp3) is 0.417. The average molecular weight is 252 g/mol. The summed E-state index contributed by atoms with van der Waals surface area (Å²) in [5.41, 5.74) is 1.12. The Kier molecular flexibility index (Phi) is 3.68. The highest BCUT2D eigenvalue weighted by atomic mass is 32.1. The van der Waals surface area contributed by atoms with Gasteiger partial charge in [-0.2, -0.15) is 0 Å². The van der Waals surface area contributed by atoms with Crippen LogP contribution >= 0.6 is 12.2 Å². The standard InChI is InChI=1S/C12H16N2O2S/c1-3-13-12(17)14-8(2)9-4-5-10-11(6-9)16-7-15-10/h4-6,8H,3,7H2,1-2H3,(H2,13,14,17). The fourth-order valence-corrected chi connectivity index (χ4v) is 2.00. The van der Waals surface area contributed by atoms with Crippen molar-refractivity contribution >= 4 is 17.3 Å². The van der Waals surface area contributed by atoms with E-state index in [1.807, 2.05) is 25.1 Å². The molecule has 4 nitrogen and oxygen atoms in total. The molecule has 1 aromatic carbocycles. The molecular weight excluding hydrogens is 236 g/mol. The third-order valence-electron chi connectivity index (χ3n) is 2.58. The molecule has 1 aromatic rings. The smallest absolute Gasteiger partial charge is 0.231 e. The van der Waals surface area contributed by atoms with Crippen molar-refractivity contribution in [2.45, 2.75) is 19.9 Å². The van der Waals surface area contributed by atoms with Crippen molar-refractivity contribution in [2.75, 3.05) is 13.3 Å². The fourth-order valence-electron chi connectivity index (χ4n) is 1.67. The first kappa shape index (κ1) is 12.0. The molecule has 17 heavy (non-hydrogen) atoms. The van der Waals surface area contributed by atoms with Crippen LogP contribution in [0.15, 0.2) is 18.2 Å². The largest absolute Gasteiger partial charge is 0.454 e. The monoisotopic (exact) mass is 252 g/mol. The van der Waals surface area contributed by atoms with Crippen LogP contribution < -0.4 is 20.1 Å². The van der Waals surface area contributed by atoms with Gasteiger partial charge in [-0.1, -0.05) is 6.07 Å². The Morgan fingerprint density at radius 2 is 2.18 bits per heavy atom. The van der Waals surface area contributed by atoms with Gasteiger partial charge in [-0.25, -0.2) is 0 Å². The molecule has 0 aromatic heterocycles. The molecule has 1 aliphatic heterocycles. The maximum Gasteiger partial charge on any atom is 0.231 e. The van der Waals surface area contributed by atoms with Gasteiger partial charge in [0.1, 0.15) is 0 Å². The van der Waals surface area contributed by atoms with E-state index < -0.39 is 0 Å². The summed E-state index contributed by atoms with van der Waals surface area (Å²) >= 11 is 5.15. The molecule has 2 N–H and O–H groups in total. The van der Waals surface area contributed by atoms with Crippen LogP contribution in [-0.2, 0) is 0 Å². The Balaban J connectivity index is 2.04. The van der Waals surface area contributed by atoms with Gasteiger partial charge in [-0.3, -0.25) is 0 Å². The molecule has 1 heterocycles. The molecule has 0 fully saturated rings. The number of thiocarbonyl (C=S) groups is 1. The number of ether oxygens (including phenoxy) is 2. The summed E-state index contributed by atoms with van der Waals surface area (Å²) in [5, 5.41) is 6.94. The van der Waals surface area contributed by atoms with Gasteiger partial charge in [0, 0.05) is 6.54 Å². The predicted octanol–water partition coefficient (Wildman–Crippen LogP) is 1.96. The number of hydrogen-bond acceptors (Lipinski definition) is 3. The van der Waals surface area contributed by atoms with Gasteiger partial charge < -0.3 is 20.1 Å². The lowest BCUT2D eigenvalue weighted by Crippen LogP contribution is -2.36. The van der Waals surface area contributed by atoms with E-state index in [4.69, 9.17) is 21.7 Å². The molecule has 1 atom stereocenters. The van der Waals surface area contributed by atoms with E-state index in [0.29, 0.717) is 11.9 Å². The molecule has 0 radical (unpaired) electrons. The van der Waals surface area contributed by atoms with Crippen LogP contribution in [0.2, 0.25) is 0 Å². The second-order valence-electron chi connectivity index (χ2n) is 3.84. The zero-order valence-electron chi connectivity index (χ0n) is 9.95. The Morgan fingerprint density at radius 3 is 2.94 bits per heavy atom. The first-order valence-corrected chi connectivity index (χ1v) is 6.05. The van der Waals surface area contributed by atoms with Crippen molar-refractivity contribution in [3.63, 3.8) is 0 Å². The third kappa shape index (κ3) is 2.79. The predicted molar refractivity (Wildman–Crippen MR) is 70.4 cm³/mol. The molecule has 0 saturated carbocycles. The Bertz CT molecular complexity index is 423. The minimum atomic E-state index is 0.135. The second-order valence-corrected chi connectivity index (χ2v) is 4.25. The maximum atomic E-state index is 5.34. The SMILES string of the molecule is CCNC(=S)NC(C)c1ccc2c(c1)OCO2. The Labute approximate surface area is 106 Å². The van der Waals surface area contributed by atoms with Gasteiger partial charge in [0.2, 0.25) is 6.79 Å². The normalized spacial score (nSPS) is 14.2. The molecule has 0 spiro atoms. The Hall–Kier alpha value is -1.49. The summed E-state index contributed by atoms with van der Waals surface area (Å²) in [4.78, 5) is 0. The number of rotatable bonds is 3. The zero-order chi connectivity index (χ0) is 12.3. The highest BCUT2D eigenvalue weighted by molar-refractivity contribution is 7.80. The highest BCUT2D eigenvalue weighted by Gasteiger charge is 2.15. The zero-order valence-corrected chi connectivity index (χ0v) is 10.8. The van der Waals surface area contributed by atoms with Gasteiger partial charge in [0.15, 0.2) is 16.6 Å². The van der Waals surface area contributed by atoms with E-state index in [0.717, 1.165) is 23.6 Å². The van der Waals surface area contributed by atoms with E-state index in [2.05, 4.69) is 17.6 Å². The second kappa shape index (κ2) is 5.23. The lowest BCUT2D eigenvalue weighted by Gasteiger charge is -2.17. The van der Waals surface area contributed by atoms with Crippen molar-refractivity contribution in [1.82, 2.24) is 10.6 Å². The molecular formula is C12H16N2O2S. The summed E-state index contributed by atoms with van der Waals surface area (Å²) in [5.74, 6) is 1.60. The molecule has 92 valence electrons. The van der Waals surface area contributed by atoms with Crippen molar-refractivity contribution in [3.8, 4) is 11.5 Å². The highest BCUT2D eigenvalue weighted by Crippen LogP contribution is 2.34. The van der Waals surface area contributed by atoms with E-state index in [1.54, 1.807) is 0 Å². The quantitative estimate of drug-likeness (QED) is 0.805. The van der Waals surface area contributed by atoms with Crippen LogP contribution in [0.25, 0.3) is 0 Å². The average Bonchev–Trinajstić information content (AvgIpc) is 2.75. The van der Waals surface area contributed by atoms with Crippen LogP contribution in [0, 0.1) is 0 Å². The van der Waals surface area contributed by atoms with Crippen LogP contribution in [0.4, 0.5) is 0 Å². The molecule has 1 unspecified atom stereocenters. The van der Waals surface area contributed by atoms with Crippen molar-refractivity contribution in [2.24, 2.45) is 0 Å². The minimum absolute atomic E-state index is 0.135. The van der Waals surface area contributed by atoms with Crippen molar-refractivity contribution in [3.05, 3.63) is 23.8 Å².